The second-order valence-corrected chi connectivity index (χ2v) is 7.56. The number of ether oxygens (including phenoxy) is 1. The normalized spacial score (nSPS) is 10.3. The molecule has 1 N–H and O–H groups in total. The Morgan fingerprint density at radius 3 is 1.68 bits per heavy atom. The van der Waals surface area contributed by atoms with Crippen molar-refractivity contribution >= 4 is 34.6 Å². The van der Waals surface area contributed by atoms with Crippen molar-refractivity contribution in [2.24, 2.45) is 0 Å². The van der Waals surface area contributed by atoms with Crippen LogP contribution in [0.4, 0.5) is 11.4 Å². The summed E-state index contributed by atoms with van der Waals surface area (Å²) in [5.74, 6) is 0. The third-order valence-electron chi connectivity index (χ3n) is 4.39. The zero-order chi connectivity index (χ0) is 23.2. The van der Waals surface area contributed by atoms with E-state index in [1.54, 1.807) is 31.4 Å². The number of aryl methyl sites for hydroxylation is 2. The van der Waals surface area contributed by atoms with Gasteiger partial charge in [-0.15, -0.1) is 0 Å². The predicted octanol–water partition coefficient (Wildman–Crippen LogP) is 5.78. The van der Waals surface area contributed by atoms with Crippen LogP contribution in [0.1, 0.15) is 36.8 Å². The molecule has 8 nitrogen and oxygen atoms in total. The fourth-order valence-corrected chi connectivity index (χ4v) is 3.16. The first-order valence-electron chi connectivity index (χ1n) is 9.75. The van der Waals surface area contributed by atoms with Gasteiger partial charge in [0.2, 0.25) is 0 Å². The molecule has 0 amide bonds. The van der Waals surface area contributed by atoms with Crippen molar-refractivity contribution in [3.63, 3.8) is 0 Å². The highest BCUT2D eigenvalue weighted by atomic mass is 35.5. The number of rotatable bonds is 11. The van der Waals surface area contributed by atoms with Crippen LogP contribution in [-0.4, -0.2) is 35.3 Å². The molecule has 2 aromatic rings. The maximum absolute atomic E-state index is 10.8. The fraction of sp³-hybridized carbons (Fsp3) is 0.429. The van der Waals surface area contributed by atoms with E-state index in [4.69, 9.17) is 33.0 Å². The first-order valence-corrected chi connectivity index (χ1v) is 10.5. The highest BCUT2D eigenvalue weighted by Crippen LogP contribution is 2.25. The van der Waals surface area contributed by atoms with Crippen molar-refractivity contribution in [3.05, 3.63) is 77.8 Å². The third-order valence-corrected chi connectivity index (χ3v) is 4.86. The maximum atomic E-state index is 10.8. The molecule has 2 rings (SSSR count). The van der Waals surface area contributed by atoms with Gasteiger partial charge >= 0.3 is 0 Å². The molecule has 0 heterocycles. The third kappa shape index (κ3) is 10.1. The van der Waals surface area contributed by atoms with E-state index in [2.05, 4.69) is 0 Å². The summed E-state index contributed by atoms with van der Waals surface area (Å²) in [5.41, 5.74) is 1.55. The van der Waals surface area contributed by atoms with E-state index in [9.17, 15) is 20.2 Å². The van der Waals surface area contributed by atoms with Gasteiger partial charge in [-0.3, -0.25) is 20.2 Å². The van der Waals surface area contributed by atoms with Gasteiger partial charge in [-0.1, -0.05) is 35.3 Å². The van der Waals surface area contributed by atoms with Gasteiger partial charge in [-0.05, 0) is 50.7 Å². The molecule has 10 heteroatoms. The lowest BCUT2D eigenvalue weighted by Crippen LogP contribution is -1.97. The van der Waals surface area contributed by atoms with Gasteiger partial charge in [0, 0.05) is 53.6 Å². The fourth-order valence-electron chi connectivity index (χ4n) is 2.83. The molecule has 0 aliphatic rings. The van der Waals surface area contributed by atoms with Crippen LogP contribution in [0.2, 0.25) is 10.0 Å². The van der Waals surface area contributed by atoms with Gasteiger partial charge in [0.05, 0.1) is 9.85 Å². The van der Waals surface area contributed by atoms with Gasteiger partial charge in [0.25, 0.3) is 11.4 Å². The van der Waals surface area contributed by atoms with Crippen molar-refractivity contribution in [2.75, 3.05) is 20.3 Å². The number of methoxy groups -OCH3 is 1. The van der Waals surface area contributed by atoms with Crippen LogP contribution in [-0.2, 0) is 17.6 Å². The molecule has 0 aromatic heterocycles. The lowest BCUT2D eigenvalue weighted by atomic mass is 10.1. The lowest BCUT2D eigenvalue weighted by Gasteiger charge is -2.03. The number of aliphatic hydroxyl groups excluding tert-OH is 1. The molecule has 0 fully saturated rings. The molecule has 0 atom stereocenters. The summed E-state index contributed by atoms with van der Waals surface area (Å²) < 4.78 is 4.92. The van der Waals surface area contributed by atoms with Crippen LogP contribution < -0.4 is 0 Å². The quantitative estimate of drug-likeness (QED) is 0.251. The largest absolute Gasteiger partial charge is 0.396 e. The molecular formula is C21H26Cl2N2O6. The number of benzene rings is 2. The standard InChI is InChI=1S/C11H14ClNO3.C10H12ClNO3/c1-16-7-3-2-4-9-5-6-10(12)8-11(9)13(14)15;11-9-5-4-8(3-1-2-6-13)10(7-9)12(14)15/h5-6,8H,2-4,7H2,1H3;4-5,7,13H,1-3,6H2. The van der Waals surface area contributed by atoms with Crippen LogP contribution in [0, 0.1) is 20.2 Å². The molecule has 0 saturated heterocycles. The van der Waals surface area contributed by atoms with Crippen molar-refractivity contribution in [1.82, 2.24) is 0 Å². The smallest absolute Gasteiger partial charge is 0.274 e. The second kappa shape index (κ2) is 14.7. The van der Waals surface area contributed by atoms with Gasteiger partial charge in [0.15, 0.2) is 0 Å². The minimum absolute atomic E-state index is 0.0560. The average Bonchev–Trinajstić information content (AvgIpc) is 2.73. The topological polar surface area (TPSA) is 116 Å². The molecule has 2 aromatic carbocycles. The molecule has 0 radical (unpaired) electrons. The monoisotopic (exact) mass is 472 g/mol. The Bertz CT molecular complexity index is 864. The number of halogens is 2. The zero-order valence-corrected chi connectivity index (χ0v) is 18.8. The average molecular weight is 473 g/mol. The molecule has 31 heavy (non-hydrogen) atoms. The summed E-state index contributed by atoms with van der Waals surface area (Å²) in [4.78, 5) is 20.7. The van der Waals surface area contributed by atoms with E-state index in [0.717, 1.165) is 24.8 Å². The summed E-state index contributed by atoms with van der Waals surface area (Å²) in [6.45, 7) is 0.794. The summed E-state index contributed by atoms with van der Waals surface area (Å²) >= 11 is 11.4. The van der Waals surface area contributed by atoms with E-state index in [-0.39, 0.29) is 18.0 Å². The Morgan fingerprint density at radius 1 is 0.839 bits per heavy atom. The first kappa shape index (κ1) is 26.8. The Morgan fingerprint density at radius 2 is 1.29 bits per heavy atom. The molecular weight excluding hydrogens is 447 g/mol. The van der Waals surface area contributed by atoms with E-state index in [1.165, 1.54) is 12.1 Å². The second-order valence-electron chi connectivity index (χ2n) is 6.69. The summed E-state index contributed by atoms with van der Waals surface area (Å²) in [5, 5.41) is 30.9. The van der Waals surface area contributed by atoms with Gasteiger partial charge in [0.1, 0.15) is 0 Å². The number of aliphatic hydroxyl groups is 1. The van der Waals surface area contributed by atoms with E-state index >= 15 is 0 Å². The molecule has 0 aliphatic heterocycles. The first-order chi connectivity index (χ1) is 14.8. The Labute approximate surface area is 191 Å². The van der Waals surface area contributed by atoms with Gasteiger partial charge in [-0.2, -0.15) is 0 Å². The van der Waals surface area contributed by atoms with Crippen LogP contribution in [0.25, 0.3) is 0 Å². The van der Waals surface area contributed by atoms with Crippen LogP contribution in [0.5, 0.6) is 0 Å². The van der Waals surface area contributed by atoms with Crippen LogP contribution >= 0.6 is 23.2 Å². The van der Waals surface area contributed by atoms with Gasteiger partial charge in [-0.25, -0.2) is 0 Å². The SMILES string of the molecule is COCCCCc1ccc(Cl)cc1[N+](=O)[O-].O=[N+]([O-])c1cc(Cl)ccc1CCCCO. The Kier molecular flexibility index (Phi) is 12.7. The number of nitrogens with zero attached hydrogens (tertiary/aromatic N) is 2. The number of hydrogen-bond donors (Lipinski definition) is 1. The highest BCUT2D eigenvalue weighted by molar-refractivity contribution is 6.31. The van der Waals surface area contributed by atoms with E-state index < -0.39 is 9.85 Å². The molecule has 0 unspecified atom stereocenters. The molecule has 0 spiro atoms. The van der Waals surface area contributed by atoms with Crippen molar-refractivity contribution in [3.8, 4) is 0 Å². The number of nitro benzene ring substituents is 2. The van der Waals surface area contributed by atoms with Crippen molar-refractivity contribution < 1.29 is 19.7 Å². The minimum Gasteiger partial charge on any atom is -0.396 e. The minimum atomic E-state index is -0.430. The van der Waals surface area contributed by atoms with Crippen molar-refractivity contribution in [1.29, 1.82) is 0 Å². The van der Waals surface area contributed by atoms with E-state index in [0.29, 0.717) is 41.5 Å². The molecule has 0 aliphatic carbocycles. The predicted molar refractivity (Wildman–Crippen MR) is 121 cm³/mol. The summed E-state index contributed by atoms with van der Waals surface area (Å²) in [7, 11) is 1.64. The summed E-state index contributed by atoms with van der Waals surface area (Å²) in [6.07, 6.45) is 4.43. The van der Waals surface area contributed by atoms with Gasteiger partial charge < -0.3 is 9.84 Å². The molecule has 0 bridgehead atoms. The number of hydrogen-bond acceptors (Lipinski definition) is 6. The lowest BCUT2D eigenvalue weighted by molar-refractivity contribution is -0.385. The molecule has 0 saturated carbocycles. The number of nitro groups is 2. The van der Waals surface area contributed by atoms with Crippen LogP contribution in [0.15, 0.2) is 36.4 Å². The number of unbranched alkanes of at least 4 members (excludes halogenated alkanes) is 2. The van der Waals surface area contributed by atoms with Crippen molar-refractivity contribution in [2.45, 2.75) is 38.5 Å². The van der Waals surface area contributed by atoms with Crippen LogP contribution in [0.3, 0.4) is 0 Å². The molecule has 170 valence electrons. The maximum Gasteiger partial charge on any atom is 0.274 e. The summed E-state index contributed by atoms with van der Waals surface area (Å²) in [6, 6.07) is 9.46. The zero-order valence-electron chi connectivity index (χ0n) is 17.3. The highest BCUT2D eigenvalue weighted by Gasteiger charge is 2.14. The Balaban J connectivity index is 0.000000311. The Hall–Kier alpha value is -2.26. The van der Waals surface area contributed by atoms with E-state index in [1.807, 2.05) is 0 Å².